The molecular weight excluding hydrogens is 228 g/mol. The van der Waals surface area contributed by atoms with Crippen molar-refractivity contribution in [2.75, 3.05) is 5.32 Å². The molecule has 0 spiro atoms. The Labute approximate surface area is 108 Å². The van der Waals surface area contributed by atoms with Crippen LogP contribution in [0.15, 0.2) is 12.3 Å². The highest BCUT2D eigenvalue weighted by molar-refractivity contribution is 5.88. The zero-order valence-electron chi connectivity index (χ0n) is 11.0. The Morgan fingerprint density at radius 3 is 2.94 bits per heavy atom. The quantitative estimate of drug-likeness (QED) is 0.863. The van der Waals surface area contributed by atoms with Crippen LogP contribution >= 0.6 is 0 Å². The topological polar surface area (TPSA) is 59.0 Å². The summed E-state index contributed by atoms with van der Waals surface area (Å²) in [6.07, 6.45) is 8.85. The van der Waals surface area contributed by atoms with Gasteiger partial charge in [-0.05, 0) is 19.3 Å². The number of nitrogens with zero attached hydrogens (tertiary/aromatic N) is 2. The average Bonchev–Trinajstić information content (AvgIpc) is 2.78. The molecule has 0 bridgehead atoms. The summed E-state index contributed by atoms with van der Waals surface area (Å²) >= 11 is 0. The number of hydrogen-bond donors (Lipinski definition) is 2. The fourth-order valence-corrected chi connectivity index (χ4v) is 2.37. The first-order valence-corrected chi connectivity index (χ1v) is 6.89. The molecule has 5 nitrogen and oxygen atoms in total. The lowest BCUT2D eigenvalue weighted by Crippen LogP contribution is -2.39. The summed E-state index contributed by atoms with van der Waals surface area (Å²) in [5.41, 5.74) is 0. The van der Waals surface area contributed by atoms with Crippen LogP contribution in [0.4, 0.5) is 10.6 Å². The first-order chi connectivity index (χ1) is 8.78. The van der Waals surface area contributed by atoms with Gasteiger partial charge < -0.3 is 5.32 Å². The van der Waals surface area contributed by atoms with Gasteiger partial charge in [-0.2, -0.15) is 5.10 Å². The molecule has 2 rings (SSSR count). The van der Waals surface area contributed by atoms with E-state index in [0.29, 0.717) is 11.9 Å². The highest BCUT2D eigenvalue weighted by atomic mass is 16.2. The maximum Gasteiger partial charge on any atom is 0.320 e. The van der Waals surface area contributed by atoms with E-state index in [1.807, 2.05) is 16.9 Å². The Hall–Kier alpha value is -1.52. The molecule has 18 heavy (non-hydrogen) atoms. The first-order valence-electron chi connectivity index (χ1n) is 6.89. The number of rotatable bonds is 4. The van der Waals surface area contributed by atoms with Crippen molar-refractivity contribution in [1.82, 2.24) is 15.1 Å². The largest absolute Gasteiger partial charge is 0.335 e. The number of anilines is 1. The first kappa shape index (κ1) is 12.9. The predicted octanol–water partition coefficient (Wildman–Crippen LogP) is 2.75. The molecular formula is C13H22N4O. The van der Waals surface area contributed by atoms with E-state index in [1.54, 1.807) is 0 Å². The number of hydrogen-bond acceptors (Lipinski definition) is 2. The minimum Gasteiger partial charge on any atom is -0.335 e. The van der Waals surface area contributed by atoms with E-state index >= 15 is 0 Å². The number of aryl methyl sites for hydroxylation is 1. The van der Waals surface area contributed by atoms with Crippen molar-refractivity contribution >= 4 is 11.8 Å². The van der Waals surface area contributed by atoms with Gasteiger partial charge in [-0.25, -0.2) is 4.79 Å². The summed E-state index contributed by atoms with van der Waals surface area (Å²) in [6, 6.07) is 2.02. The normalized spacial score (nSPS) is 16.5. The molecule has 1 aliphatic rings. The fourth-order valence-electron chi connectivity index (χ4n) is 2.37. The summed E-state index contributed by atoms with van der Waals surface area (Å²) in [5.74, 6) is 0.622. The van der Waals surface area contributed by atoms with Gasteiger partial charge in [0.2, 0.25) is 0 Å². The van der Waals surface area contributed by atoms with Crippen molar-refractivity contribution in [3.05, 3.63) is 12.3 Å². The lowest BCUT2D eigenvalue weighted by Gasteiger charge is -2.22. The molecule has 100 valence electrons. The van der Waals surface area contributed by atoms with Crippen LogP contribution in [0.5, 0.6) is 0 Å². The Bertz CT molecular complexity index is 382. The molecule has 0 aliphatic heterocycles. The van der Waals surface area contributed by atoms with Gasteiger partial charge in [0.15, 0.2) is 5.82 Å². The summed E-state index contributed by atoms with van der Waals surface area (Å²) in [7, 11) is 0. The third kappa shape index (κ3) is 3.75. The third-order valence-corrected chi connectivity index (χ3v) is 3.28. The Balaban J connectivity index is 1.78. The lowest BCUT2D eigenvalue weighted by atomic mass is 9.96. The second-order valence-electron chi connectivity index (χ2n) is 4.90. The van der Waals surface area contributed by atoms with Gasteiger partial charge in [0.1, 0.15) is 0 Å². The molecule has 1 aromatic rings. The van der Waals surface area contributed by atoms with Gasteiger partial charge >= 0.3 is 6.03 Å². The second-order valence-corrected chi connectivity index (χ2v) is 4.90. The predicted molar refractivity (Wildman–Crippen MR) is 71.5 cm³/mol. The van der Waals surface area contributed by atoms with Crippen LogP contribution < -0.4 is 10.6 Å². The van der Waals surface area contributed by atoms with E-state index in [2.05, 4.69) is 22.7 Å². The van der Waals surface area contributed by atoms with E-state index in [9.17, 15) is 4.79 Å². The maximum absolute atomic E-state index is 11.8. The Morgan fingerprint density at radius 1 is 1.44 bits per heavy atom. The van der Waals surface area contributed by atoms with Crippen molar-refractivity contribution in [3.8, 4) is 0 Å². The van der Waals surface area contributed by atoms with Crippen molar-refractivity contribution in [2.24, 2.45) is 0 Å². The van der Waals surface area contributed by atoms with Gasteiger partial charge in [-0.3, -0.25) is 10.00 Å². The highest BCUT2D eigenvalue weighted by Gasteiger charge is 2.15. The van der Waals surface area contributed by atoms with Crippen LogP contribution in [0.1, 0.15) is 45.4 Å². The molecule has 5 heteroatoms. The Morgan fingerprint density at radius 2 is 2.22 bits per heavy atom. The van der Waals surface area contributed by atoms with Crippen molar-refractivity contribution in [2.45, 2.75) is 58.0 Å². The molecule has 0 radical (unpaired) electrons. The fraction of sp³-hybridized carbons (Fsp3) is 0.692. The smallest absolute Gasteiger partial charge is 0.320 e. The molecule has 0 saturated heterocycles. The van der Waals surface area contributed by atoms with E-state index in [0.717, 1.165) is 25.8 Å². The van der Waals surface area contributed by atoms with E-state index in [4.69, 9.17) is 0 Å². The lowest BCUT2D eigenvalue weighted by molar-refractivity contribution is 0.244. The molecule has 1 aliphatic carbocycles. The average molecular weight is 250 g/mol. The van der Waals surface area contributed by atoms with Crippen LogP contribution in [-0.4, -0.2) is 21.9 Å². The van der Waals surface area contributed by atoms with Crippen LogP contribution in [-0.2, 0) is 6.54 Å². The highest BCUT2D eigenvalue weighted by Crippen LogP contribution is 2.17. The number of nitrogens with one attached hydrogen (secondary N) is 2. The third-order valence-electron chi connectivity index (χ3n) is 3.28. The number of amides is 2. The molecule has 1 aromatic heterocycles. The number of carbonyl (C=O) groups is 1. The minimum absolute atomic E-state index is 0.136. The molecule has 0 aromatic carbocycles. The maximum atomic E-state index is 11.8. The monoisotopic (exact) mass is 250 g/mol. The van der Waals surface area contributed by atoms with E-state index in [-0.39, 0.29) is 6.03 Å². The molecule has 1 heterocycles. The SMILES string of the molecule is CCCn1ccc(NC(=O)NC2CCCCC2)n1. The Kier molecular flexibility index (Phi) is 4.61. The van der Waals surface area contributed by atoms with Crippen molar-refractivity contribution in [3.63, 3.8) is 0 Å². The number of aromatic nitrogens is 2. The summed E-state index contributed by atoms with van der Waals surface area (Å²) < 4.78 is 1.84. The molecule has 1 saturated carbocycles. The summed E-state index contributed by atoms with van der Waals surface area (Å²) in [6.45, 7) is 2.98. The van der Waals surface area contributed by atoms with Crippen LogP contribution in [0.2, 0.25) is 0 Å². The molecule has 2 amide bonds. The molecule has 0 unspecified atom stereocenters. The standard InChI is InChI=1S/C13H22N4O/c1-2-9-17-10-8-12(16-17)15-13(18)14-11-6-4-3-5-7-11/h8,10-11H,2-7,9H2,1H3,(H2,14,15,16,18). The molecule has 2 N–H and O–H groups in total. The second kappa shape index (κ2) is 6.42. The van der Waals surface area contributed by atoms with E-state index in [1.165, 1.54) is 19.3 Å². The van der Waals surface area contributed by atoms with Gasteiger partial charge in [0, 0.05) is 24.8 Å². The number of carbonyl (C=O) groups excluding carboxylic acids is 1. The van der Waals surface area contributed by atoms with Gasteiger partial charge in [0.25, 0.3) is 0 Å². The zero-order valence-corrected chi connectivity index (χ0v) is 11.0. The van der Waals surface area contributed by atoms with Gasteiger partial charge in [-0.1, -0.05) is 26.2 Å². The minimum atomic E-state index is -0.136. The van der Waals surface area contributed by atoms with Crippen LogP contribution in [0.25, 0.3) is 0 Å². The van der Waals surface area contributed by atoms with Crippen molar-refractivity contribution in [1.29, 1.82) is 0 Å². The molecule has 1 fully saturated rings. The van der Waals surface area contributed by atoms with Crippen LogP contribution in [0, 0.1) is 0 Å². The zero-order chi connectivity index (χ0) is 12.8. The number of urea groups is 1. The van der Waals surface area contributed by atoms with Crippen LogP contribution in [0.3, 0.4) is 0 Å². The van der Waals surface area contributed by atoms with Crippen molar-refractivity contribution < 1.29 is 4.79 Å². The summed E-state index contributed by atoms with van der Waals surface area (Å²) in [5, 5.41) is 10.1. The van der Waals surface area contributed by atoms with Gasteiger partial charge in [0.05, 0.1) is 0 Å². The van der Waals surface area contributed by atoms with Gasteiger partial charge in [-0.15, -0.1) is 0 Å². The van der Waals surface area contributed by atoms with E-state index < -0.39 is 0 Å². The molecule has 0 atom stereocenters. The summed E-state index contributed by atoms with van der Waals surface area (Å²) in [4.78, 5) is 11.8.